The zero-order valence-electron chi connectivity index (χ0n) is 20.7. The van der Waals surface area contributed by atoms with Gasteiger partial charge in [-0.3, -0.25) is 9.36 Å². The highest BCUT2D eigenvalue weighted by atomic mass is 32.2. The van der Waals surface area contributed by atoms with Crippen LogP contribution < -0.4 is 21.4 Å². The van der Waals surface area contributed by atoms with E-state index in [9.17, 15) is 14.0 Å². The monoisotopic (exact) mass is 527 g/mol. The van der Waals surface area contributed by atoms with Crippen molar-refractivity contribution in [1.29, 1.82) is 0 Å². The molecule has 7 nitrogen and oxygen atoms in total. The first-order valence-electron chi connectivity index (χ1n) is 11.7. The van der Waals surface area contributed by atoms with Gasteiger partial charge in [0.2, 0.25) is 5.91 Å². The molecule has 0 saturated carbocycles. The second kappa shape index (κ2) is 10.7. The van der Waals surface area contributed by atoms with Crippen LogP contribution in [0, 0.1) is 5.82 Å². The molecule has 1 aromatic heterocycles. The molecule has 1 saturated heterocycles. The van der Waals surface area contributed by atoms with Gasteiger partial charge in [-0.15, -0.1) is 11.8 Å². The Morgan fingerprint density at radius 1 is 1.17 bits per heavy atom. The van der Waals surface area contributed by atoms with Gasteiger partial charge >= 0.3 is 5.69 Å². The molecule has 0 radical (unpaired) electrons. The Balaban J connectivity index is 1.58. The molecule has 3 aromatic rings. The van der Waals surface area contributed by atoms with E-state index in [1.54, 1.807) is 0 Å². The topological polar surface area (TPSA) is 82.5 Å². The molecule has 1 fully saturated rings. The van der Waals surface area contributed by atoms with Crippen LogP contribution >= 0.6 is 11.8 Å². The van der Waals surface area contributed by atoms with Crippen molar-refractivity contribution < 1.29 is 18.3 Å². The summed E-state index contributed by atoms with van der Waals surface area (Å²) in [7, 11) is -2.74. The summed E-state index contributed by atoms with van der Waals surface area (Å²) < 4.78 is 28.5. The van der Waals surface area contributed by atoms with E-state index in [-0.39, 0.29) is 22.9 Å². The Kier molecular flexibility index (Phi) is 7.79. The molecule has 36 heavy (non-hydrogen) atoms. The average Bonchev–Trinajstić information content (AvgIpc) is 3.30. The van der Waals surface area contributed by atoms with Crippen molar-refractivity contribution >= 4 is 42.2 Å². The van der Waals surface area contributed by atoms with Crippen molar-refractivity contribution in [2.45, 2.75) is 43.5 Å². The van der Waals surface area contributed by atoms with Gasteiger partial charge in [0.15, 0.2) is 11.6 Å². The second-order valence-electron chi connectivity index (χ2n) is 9.64. The van der Waals surface area contributed by atoms with Gasteiger partial charge in [-0.1, -0.05) is 81.4 Å². The maximum absolute atomic E-state index is 14.4. The molecule has 0 spiro atoms. The number of thioether (sulfide) groups is 1. The lowest BCUT2D eigenvalue weighted by molar-refractivity contribution is -0.114. The predicted molar refractivity (Wildman–Crippen MR) is 143 cm³/mol. The molecule has 1 N–H and O–H groups in total. The maximum atomic E-state index is 14.4. The van der Waals surface area contributed by atoms with E-state index in [0.717, 1.165) is 6.20 Å². The zero-order chi connectivity index (χ0) is 25.9. The van der Waals surface area contributed by atoms with E-state index in [1.165, 1.54) is 33.6 Å². The minimum absolute atomic E-state index is 0.179. The number of aromatic nitrogens is 2. The SMILES string of the molecule is CC(=O)Nc1nc(=O)n([C@@H]2CO[C@H](CO[Si](c3ccccc3)(c3ccccc3)C(C)(C)C)S2)cc1F. The summed E-state index contributed by atoms with van der Waals surface area (Å²) in [6.45, 7) is 8.35. The number of rotatable bonds is 7. The molecule has 0 bridgehead atoms. The quantitative estimate of drug-likeness (QED) is 0.474. The number of halogens is 1. The fourth-order valence-electron chi connectivity index (χ4n) is 4.54. The number of carbonyl (C=O) groups excluding carboxylic acids is 1. The van der Waals surface area contributed by atoms with Crippen molar-refractivity contribution in [2.24, 2.45) is 0 Å². The van der Waals surface area contributed by atoms with Gasteiger partial charge in [0.05, 0.1) is 13.2 Å². The van der Waals surface area contributed by atoms with Gasteiger partial charge in [-0.05, 0) is 15.4 Å². The largest absolute Gasteiger partial charge is 0.404 e. The lowest BCUT2D eigenvalue weighted by Gasteiger charge is -2.43. The molecule has 1 aliphatic heterocycles. The van der Waals surface area contributed by atoms with Crippen LogP contribution in [0.3, 0.4) is 0 Å². The number of hydrogen-bond acceptors (Lipinski definition) is 6. The number of carbonyl (C=O) groups is 1. The number of hydrogen-bond donors (Lipinski definition) is 1. The smallest absolute Gasteiger partial charge is 0.350 e. The van der Waals surface area contributed by atoms with Crippen LogP contribution in [-0.4, -0.2) is 42.4 Å². The number of nitrogens with zero attached hydrogens (tertiary/aromatic N) is 2. The molecule has 4 rings (SSSR count). The lowest BCUT2D eigenvalue weighted by Crippen LogP contribution is -2.67. The first-order valence-corrected chi connectivity index (χ1v) is 14.6. The summed E-state index contributed by atoms with van der Waals surface area (Å²) in [6.07, 6.45) is 1.06. The van der Waals surface area contributed by atoms with Gasteiger partial charge in [0.1, 0.15) is 10.8 Å². The molecule has 1 aliphatic rings. The van der Waals surface area contributed by atoms with Crippen molar-refractivity contribution in [3.05, 3.63) is 83.2 Å². The van der Waals surface area contributed by atoms with Crippen LogP contribution in [0.4, 0.5) is 10.2 Å². The Morgan fingerprint density at radius 3 is 2.28 bits per heavy atom. The number of amides is 1. The predicted octanol–water partition coefficient (Wildman–Crippen LogP) is 3.51. The van der Waals surface area contributed by atoms with Gasteiger partial charge in [0, 0.05) is 13.1 Å². The van der Waals surface area contributed by atoms with Gasteiger partial charge < -0.3 is 14.5 Å². The van der Waals surface area contributed by atoms with Crippen LogP contribution in [-0.2, 0) is 14.0 Å². The van der Waals surface area contributed by atoms with Crippen molar-refractivity contribution in [1.82, 2.24) is 9.55 Å². The third kappa shape index (κ3) is 5.31. The van der Waals surface area contributed by atoms with Crippen LogP contribution in [0.15, 0.2) is 71.7 Å². The van der Waals surface area contributed by atoms with E-state index >= 15 is 0 Å². The first-order chi connectivity index (χ1) is 17.1. The minimum atomic E-state index is -2.74. The Hall–Kier alpha value is -2.79. The summed E-state index contributed by atoms with van der Waals surface area (Å²) in [5.74, 6) is -1.66. The van der Waals surface area contributed by atoms with E-state index in [4.69, 9.17) is 9.16 Å². The van der Waals surface area contributed by atoms with Gasteiger partial charge in [-0.2, -0.15) is 4.98 Å². The molecular weight excluding hydrogens is 497 g/mol. The normalized spacial score (nSPS) is 18.2. The van der Waals surface area contributed by atoms with Gasteiger partial charge in [-0.25, -0.2) is 9.18 Å². The number of benzene rings is 2. The van der Waals surface area contributed by atoms with Crippen LogP contribution in [0.1, 0.15) is 33.1 Å². The summed E-state index contributed by atoms with van der Waals surface area (Å²) in [6, 6.07) is 20.6. The molecule has 2 atom stereocenters. The number of nitrogens with one attached hydrogen (secondary N) is 1. The molecule has 2 heterocycles. The van der Waals surface area contributed by atoms with Crippen molar-refractivity contribution in [3.8, 4) is 0 Å². The van der Waals surface area contributed by atoms with Crippen molar-refractivity contribution in [2.75, 3.05) is 18.5 Å². The third-order valence-corrected chi connectivity index (χ3v) is 12.4. The van der Waals surface area contributed by atoms with E-state index in [2.05, 4.69) is 55.3 Å². The molecule has 0 aliphatic carbocycles. The van der Waals surface area contributed by atoms with Crippen LogP contribution in [0.25, 0.3) is 0 Å². The van der Waals surface area contributed by atoms with E-state index in [1.807, 2.05) is 36.4 Å². The molecular formula is C26H30FN3O4SSi. The summed E-state index contributed by atoms with van der Waals surface area (Å²) in [5.41, 5.74) is -1.00. The summed E-state index contributed by atoms with van der Waals surface area (Å²) in [5, 5.41) is 3.92. The highest BCUT2D eigenvalue weighted by Crippen LogP contribution is 2.39. The summed E-state index contributed by atoms with van der Waals surface area (Å²) >= 11 is 1.39. The van der Waals surface area contributed by atoms with Crippen LogP contribution in [0.2, 0.25) is 5.04 Å². The number of ether oxygens (including phenoxy) is 1. The van der Waals surface area contributed by atoms with Crippen LogP contribution in [0.5, 0.6) is 0 Å². The Morgan fingerprint density at radius 2 is 1.75 bits per heavy atom. The number of anilines is 1. The fourth-order valence-corrected chi connectivity index (χ4v) is 10.3. The Bertz CT molecular complexity index is 1230. The molecule has 0 unspecified atom stereocenters. The Labute approximate surface area is 215 Å². The first kappa shape index (κ1) is 26.3. The lowest BCUT2D eigenvalue weighted by atomic mass is 10.2. The fraction of sp³-hybridized carbons (Fsp3) is 0.346. The van der Waals surface area contributed by atoms with E-state index < -0.39 is 31.1 Å². The summed E-state index contributed by atoms with van der Waals surface area (Å²) in [4.78, 5) is 27.4. The molecule has 10 heteroatoms. The molecule has 190 valence electrons. The highest BCUT2D eigenvalue weighted by Gasteiger charge is 2.50. The van der Waals surface area contributed by atoms with Crippen molar-refractivity contribution in [3.63, 3.8) is 0 Å². The molecule has 1 amide bonds. The van der Waals surface area contributed by atoms with E-state index in [0.29, 0.717) is 6.61 Å². The molecule has 2 aromatic carbocycles. The highest BCUT2D eigenvalue weighted by molar-refractivity contribution is 8.00. The maximum Gasteiger partial charge on any atom is 0.350 e. The second-order valence-corrected chi connectivity index (χ2v) is 15.3. The van der Waals surface area contributed by atoms with Gasteiger partial charge in [0.25, 0.3) is 8.32 Å². The zero-order valence-corrected chi connectivity index (χ0v) is 22.5. The average molecular weight is 528 g/mol. The third-order valence-electron chi connectivity index (χ3n) is 6.10. The minimum Gasteiger partial charge on any atom is -0.404 e. The standard InChI is InChI=1S/C26H30FN3O4SSi/c1-18(31)28-24-21(27)15-30(25(32)29-24)22-16-33-23(35-22)17-34-36(26(2,3)4,19-11-7-5-8-12-19)20-13-9-6-10-14-20/h5-15,22-23H,16-17H2,1-4H3,(H,28,29,31,32)/t22-,23-/m0/s1.